The smallest absolute Gasteiger partial charge is 0.0353 e. The first-order valence-corrected chi connectivity index (χ1v) is 4.06. The Morgan fingerprint density at radius 3 is 2.17 bits per heavy atom. The normalized spacial score (nSPS) is 11.7. The van der Waals surface area contributed by atoms with Gasteiger partial charge in [-0.3, -0.25) is 0 Å². The zero-order chi connectivity index (χ0) is 9.35. The summed E-state index contributed by atoms with van der Waals surface area (Å²) in [5.74, 6) is 0. The lowest BCUT2D eigenvalue weighted by atomic mass is 9.94. The standard InChI is InChI=1S/C10H16N2/c1-7-4-8(10(2,3)12)6-9(11)5-7/h4-6H,11-12H2,1-3H3. The molecule has 0 fully saturated rings. The molecule has 0 aliphatic heterocycles. The molecule has 1 rings (SSSR count). The van der Waals surface area contributed by atoms with Gasteiger partial charge in [-0.2, -0.15) is 0 Å². The summed E-state index contributed by atoms with van der Waals surface area (Å²) in [7, 11) is 0. The number of rotatable bonds is 1. The van der Waals surface area contributed by atoms with Gasteiger partial charge in [0.15, 0.2) is 0 Å². The van der Waals surface area contributed by atoms with Crippen molar-refractivity contribution in [3.8, 4) is 0 Å². The van der Waals surface area contributed by atoms with Crippen LogP contribution in [-0.4, -0.2) is 0 Å². The Kier molecular flexibility index (Phi) is 2.11. The fraction of sp³-hybridized carbons (Fsp3) is 0.400. The maximum atomic E-state index is 5.94. The van der Waals surface area contributed by atoms with E-state index in [4.69, 9.17) is 11.5 Å². The van der Waals surface area contributed by atoms with Gasteiger partial charge in [-0.15, -0.1) is 0 Å². The summed E-state index contributed by atoms with van der Waals surface area (Å²) in [6, 6.07) is 5.93. The van der Waals surface area contributed by atoms with Crippen LogP contribution in [0.2, 0.25) is 0 Å². The minimum atomic E-state index is -0.305. The van der Waals surface area contributed by atoms with Crippen LogP contribution >= 0.6 is 0 Å². The highest BCUT2D eigenvalue weighted by molar-refractivity contribution is 5.46. The van der Waals surface area contributed by atoms with Gasteiger partial charge in [0, 0.05) is 11.2 Å². The molecule has 0 heterocycles. The Morgan fingerprint density at radius 2 is 1.75 bits per heavy atom. The number of aryl methyl sites for hydroxylation is 1. The van der Waals surface area contributed by atoms with Crippen LogP contribution in [0.15, 0.2) is 18.2 Å². The topological polar surface area (TPSA) is 52.0 Å². The highest BCUT2D eigenvalue weighted by atomic mass is 14.7. The summed E-state index contributed by atoms with van der Waals surface area (Å²) in [5.41, 5.74) is 14.4. The summed E-state index contributed by atoms with van der Waals surface area (Å²) >= 11 is 0. The summed E-state index contributed by atoms with van der Waals surface area (Å²) in [5, 5.41) is 0. The van der Waals surface area contributed by atoms with Gasteiger partial charge >= 0.3 is 0 Å². The zero-order valence-corrected chi connectivity index (χ0v) is 7.89. The molecule has 2 nitrogen and oxygen atoms in total. The van der Waals surface area contributed by atoms with Crippen LogP contribution in [0.25, 0.3) is 0 Å². The molecular weight excluding hydrogens is 148 g/mol. The van der Waals surface area contributed by atoms with Gasteiger partial charge in [-0.25, -0.2) is 0 Å². The number of nitrogens with two attached hydrogens (primary N) is 2. The Balaban J connectivity index is 3.18. The number of hydrogen-bond donors (Lipinski definition) is 2. The first kappa shape index (κ1) is 9.07. The molecule has 0 saturated carbocycles. The largest absolute Gasteiger partial charge is 0.399 e. The molecule has 0 aliphatic carbocycles. The fourth-order valence-corrected chi connectivity index (χ4v) is 1.18. The molecule has 0 aromatic heterocycles. The van der Waals surface area contributed by atoms with Crippen molar-refractivity contribution in [3.63, 3.8) is 0 Å². The van der Waals surface area contributed by atoms with Gasteiger partial charge < -0.3 is 11.5 Å². The number of nitrogen functional groups attached to an aromatic ring is 1. The van der Waals surface area contributed by atoms with Crippen LogP contribution in [-0.2, 0) is 5.54 Å². The zero-order valence-electron chi connectivity index (χ0n) is 7.89. The lowest BCUT2D eigenvalue weighted by molar-refractivity contribution is 0.554. The highest BCUT2D eigenvalue weighted by Gasteiger charge is 2.14. The molecule has 0 spiro atoms. The monoisotopic (exact) mass is 164 g/mol. The molecule has 0 bridgehead atoms. The van der Waals surface area contributed by atoms with E-state index in [1.807, 2.05) is 32.9 Å². The van der Waals surface area contributed by atoms with Crippen molar-refractivity contribution in [2.45, 2.75) is 26.3 Å². The van der Waals surface area contributed by atoms with Crippen molar-refractivity contribution in [3.05, 3.63) is 29.3 Å². The molecule has 0 aliphatic rings. The first-order valence-electron chi connectivity index (χ1n) is 4.06. The number of benzene rings is 1. The lowest BCUT2D eigenvalue weighted by Crippen LogP contribution is -2.28. The molecule has 0 radical (unpaired) electrons. The van der Waals surface area contributed by atoms with Crippen molar-refractivity contribution in [2.75, 3.05) is 5.73 Å². The van der Waals surface area contributed by atoms with E-state index in [1.165, 1.54) is 0 Å². The maximum Gasteiger partial charge on any atom is 0.0353 e. The second-order valence-corrected chi connectivity index (χ2v) is 3.85. The van der Waals surface area contributed by atoms with Crippen molar-refractivity contribution in [2.24, 2.45) is 5.73 Å². The second-order valence-electron chi connectivity index (χ2n) is 3.85. The molecule has 0 saturated heterocycles. The van der Waals surface area contributed by atoms with Crippen molar-refractivity contribution in [1.82, 2.24) is 0 Å². The van der Waals surface area contributed by atoms with Crippen LogP contribution < -0.4 is 11.5 Å². The summed E-state index contributed by atoms with van der Waals surface area (Å²) < 4.78 is 0. The summed E-state index contributed by atoms with van der Waals surface area (Å²) in [4.78, 5) is 0. The Hall–Kier alpha value is -1.02. The van der Waals surface area contributed by atoms with Crippen LogP contribution in [0, 0.1) is 6.92 Å². The second kappa shape index (κ2) is 2.79. The third-order valence-electron chi connectivity index (χ3n) is 1.84. The minimum absolute atomic E-state index is 0.305. The van der Waals surface area contributed by atoms with Crippen LogP contribution in [0.3, 0.4) is 0 Å². The maximum absolute atomic E-state index is 5.94. The molecule has 0 atom stereocenters. The third-order valence-corrected chi connectivity index (χ3v) is 1.84. The molecule has 12 heavy (non-hydrogen) atoms. The fourth-order valence-electron chi connectivity index (χ4n) is 1.18. The van der Waals surface area contributed by atoms with Gasteiger partial charge in [0.1, 0.15) is 0 Å². The van der Waals surface area contributed by atoms with E-state index in [1.54, 1.807) is 0 Å². The predicted molar refractivity (Wildman–Crippen MR) is 52.8 cm³/mol. The van der Waals surface area contributed by atoms with E-state index in [9.17, 15) is 0 Å². The highest BCUT2D eigenvalue weighted by Crippen LogP contribution is 2.20. The van der Waals surface area contributed by atoms with Crippen molar-refractivity contribution in [1.29, 1.82) is 0 Å². The lowest BCUT2D eigenvalue weighted by Gasteiger charge is -2.20. The average Bonchev–Trinajstić information content (AvgIpc) is 1.82. The Morgan fingerprint density at radius 1 is 1.17 bits per heavy atom. The molecule has 66 valence electrons. The first-order chi connectivity index (χ1) is 5.39. The summed E-state index contributed by atoms with van der Waals surface area (Å²) in [6.07, 6.45) is 0. The quantitative estimate of drug-likeness (QED) is 0.621. The van der Waals surface area contributed by atoms with E-state index < -0.39 is 0 Å². The SMILES string of the molecule is Cc1cc(N)cc(C(C)(C)N)c1. The number of anilines is 1. The van der Waals surface area contributed by atoms with E-state index in [2.05, 4.69) is 6.07 Å². The van der Waals surface area contributed by atoms with Gasteiger partial charge in [-0.1, -0.05) is 6.07 Å². The molecule has 1 aromatic rings. The predicted octanol–water partition coefficient (Wildman–Crippen LogP) is 1.77. The van der Waals surface area contributed by atoms with Crippen LogP contribution in [0.1, 0.15) is 25.0 Å². The van der Waals surface area contributed by atoms with Crippen molar-refractivity contribution < 1.29 is 0 Å². The van der Waals surface area contributed by atoms with Crippen molar-refractivity contribution >= 4 is 5.69 Å². The van der Waals surface area contributed by atoms with Crippen LogP contribution in [0.4, 0.5) is 5.69 Å². The molecule has 0 amide bonds. The molecule has 1 aromatic carbocycles. The minimum Gasteiger partial charge on any atom is -0.399 e. The van der Waals surface area contributed by atoms with E-state index in [-0.39, 0.29) is 5.54 Å². The molecule has 4 N–H and O–H groups in total. The molecule has 2 heteroatoms. The average molecular weight is 164 g/mol. The summed E-state index contributed by atoms with van der Waals surface area (Å²) in [6.45, 7) is 5.97. The van der Waals surface area contributed by atoms with E-state index in [0.29, 0.717) is 0 Å². The van der Waals surface area contributed by atoms with E-state index in [0.717, 1.165) is 16.8 Å². The number of hydrogen-bond acceptors (Lipinski definition) is 2. The van der Waals surface area contributed by atoms with Gasteiger partial charge in [0.2, 0.25) is 0 Å². The molecular formula is C10H16N2. The Labute approximate surface area is 73.6 Å². The van der Waals surface area contributed by atoms with Crippen LogP contribution in [0.5, 0.6) is 0 Å². The van der Waals surface area contributed by atoms with Gasteiger partial charge in [-0.05, 0) is 44.0 Å². The van der Waals surface area contributed by atoms with E-state index >= 15 is 0 Å². The third kappa shape index (κ3) is 1.98. The Bertz CT molecular complexity index is 264. The molecule has 0 unspecified atom stereocenters. The van der Waals surface area contributed by atoms with Gasteiger partial charge in [0.25, 0.3) is 0 Å². The van der Waals surface area contributed by atoms with Gasteiger partial charge in [0.05, 0.1) is 0 Å².